The quantitative estimate of drug-likeness (QED) is 0.383. The molecule has 0 spiro atoms. The van der Waals surface area contributed by atoms with E-state index in [1.54, 1.807) is 24.5 Å². The summed E-state index contributed by atoms with van der Waals surface area (Å²) < 4.78 is 2.23. The highest BCUT2D eigenvalue weighted by atomic mass is 16.3. The average Bonchev–Trinajstić information content (AvgIpc) is 3.19. The molecule has 0 aliphatic carbocycles. The van der Waals surface area contributed by atoms with E-state index < -0.39 is 0 Å². The van der Waals surface area contributed by atoms with Crippen LogP contribution in [0.2, 0.25) is 0 Å². The minimum absolute atomic E-state index is 0.283. The number of aromatic nitrogens is 4. The molecule has 1 aliphatic heterocycles. The maximum Gasteiger partial charge on any atom is 0.222 e. The van der Waals surface area contributed by atoms with Gasteiger partial charge in [-0.3, -0.25) is 0 Å². The summed E-state index contributed by atoms with van der Waals surface area (Å²) in [6.45, 7) is 4.62. The standard InChI is InChI=1S/C25H29N7O/c33-21-8-6-19(7-9-21)18-32-23-5-2-1-4-22(23)30-25(32)29-20-10-15-31(16-11-20)17-14-28-24-26-12-3-13-27-24/h1-9,12-13,20,33H,10-11,14-18H2,(H,29,30)(H,26,27,28). The van der Waals surface area contributed by atoms with Gasteiger partial charge in [0.1, 0.15) is 5.75 Å². The van der Waals surface area contributed by atoms with Crippen molar-refractivity contribution in [1.29, 1.82) is 0 Å². The molecule has 0 atom stereocenters. The number of benzene rings is 2. The topological polar surface area (TPSA) is 91.1 Å². The van der Waals surface area contributed by atoms with Crippen LogP contribution in [0.4, 0.5) is 11.9 Å². The Balaban J connectivity index is 1.20. The number of rotatable bonds is 8. The molecule has 1 fully saturated rings. The number of phenols is 1. The van der Waals surface area contributed by atoms with E-state index in [0.717, 1.165) is 61.6 Å². The number of nitrogens with one attached hydrogen (secondary N) is 2. The van der Waals surface area contributed by atoms with E-state index in [9.17, 15) is 5.11 Å². The minimum atomic E-state index is 0.283. The number of fused-ring (bicyclic) bond motifs is 1. The summed E-state index contributed by atoms with van der Waals surface area (Å²) >= 11 is 0. The number of anilines is 2. The van der Waals surface area contributed by atoms with Crippen LogP contribution in [0, 0.1) is 0 Å². The second kappa shape index (κ2) is 9.87. The van der Waals surface area contributed by atoms with Gasteiger partial charge in [0.05, 0.1) is 17.6 Å². The van der Waals surface area contributed by atoms with Gasteiger partial charge in [0.15, 0.2) is 0 Å². The highest BCUT2D eigenvalue weighted by molar-refractivity contribution is 5.78. The Labute approximate surface area is 193 Å². The molecule has 0 unspecified atom stereocenters. The van der Waals surface area contributed by atoms with Gasteiger partial charge in [-0.25, -0.2) is 15.0 Å². The van der Waals surface area contributed by atoms with Crippen molar-refractivity contribution in [3.05, 3.63) is 72.6 Å². The van der Waals surface area contributed by atoms with Crippen LogP contribution in [0.15, 0.2) is 67.0 Å². The van der Waals surface area contributed by atoms with Crippen molar-refractivity contribution in [2.45, 2.75) is 25.4 Å². The normalized spacial score (nSPS) is 15.0. The monoisotopic (exact) mass is 443 g/mol. The van der Waals surface area contributed by atoms with E-state index in [-0.39, 0.29) is 5.75 Å². The van der Waals surface area contributed by atoms with E-state index >= 15 is 0 Å². The number of likely N-dealkylation sites (tertiary alicyclic amines) is 1. The second-order valence-corrected chi connectivity index (χ2v) is 8.44. The Morgan fingerprint density at radius 3 is 2.48 bits per heavy atom. The zero-order valence-electron chi connectivity index (χ0n) is 18.6. The van der Waals surface area contributed by atoms with Crippen molar-refractivity contribution in [2.24, 2.45) is 0 Å². The summed E-state index contributed by atoms with van der Waals surface area (Å²) in [4.78, 5) is 15.8. The molecule has 5 rings (SSSR count). The van der Waals surface area contributed by atoms with E-state index in [2.05, 4.69) is 42.2 Å². The number of imidazole rings is 1. The number of hydrogen-bond acceptors (Lipinski definition) is 7. The van der Waals surface area contributed by atoms with E-state index in [0.29, 0.717) is 18.5 Å². The van der Waals surface area contributed by atoms with Gasteiger partial charge in [0.25, 0.3) is 0 Å². The van der Waals surface area contributed by atoms with Gasteiger partial charge >= 0.3 is 0 Å². The Morgan fingerprint density at radius 2 is 1.70 bits per heavy atom. The van der Waals surface area contributed by atoms with Gasteiger partial charge in [-0.05, 0) is 48.7 Å². The largest absolute Gasteiger partial charge is 0.508 e. The van der Waals surface area contributed by atoms with Crippen molar-refractivity contribution in [2.75, 3.05) is 36.8 Å². The molecular weight excluding hydrogens is 414 g/mol. The summed E-state index contributed by atoms with van der Waals surface area (Å²) in [5.41, 5.74) is 3.23. The summed E-state index contributed by atoms with van der Waals surface area (Å²) in [5, 5.41) is 16.6. The molecule has 8 heteroatoms. The lowest BCUT2D eigenvalue weighted by Gasteiger charge is -2.32. The Morgan fingerprint density at radius 1 is 0.939 bits per heavy atom. The molecule has 0 saturated carbocycles. The summed E-state index contributed by atoms with van der Waals surface area (Å²) in [6, 6.07) is 17.8. The lowest BCUT2D eigenvalue weighted by Crippen LogP contribution is -2.41. The van der Waals surface area contributed by atoms with Crippen molar-refractivity contribution in [3.63, 3.8) is 0 Å². The van der Waals surface area contributed by atoms with Gasteiger partial charge in [0.2, 0.25) is 11.9 Å². The van der Waals surface area contributed by atoms with Crippen LogP contribution in [0.1, 0.15) is 18.4 Å². The molecule has 3 N–H and O–H groups in total. The number of phenolic OH excluding ortho intramolecular Hbond substituents is 1. The van der Waals surface area contributed by atoms with Crippen LogP contribution in [0.25, 0.3) is 11.0 Å². The van der Waals surface area contributed by atoms with Gasteiger partial charge < -0.3 is 25.2 Å². The second-order valence-electron chi connectivity index (χ2n) is 8.44. The zero-order chi connectivity index (χ0) is 22.5. The number of piperidine rings is 1. The highest BCUT2D eigenvalue weighted by Crippen LogP contribution is 2.24. The fourth-order valence-corrected chi connectivity index (χ4v) is 4.33. The van der Waals surface area contributed by atoms with Crippen molar-refractivity contribution >= 4 is 22.9 Å². The number of nitrogens with zero attached hydrogens (tertiary/aromatic N) is 5. The first kappa shape index (κ1) is 21.2. The molecule has 0 amide bonds. The molecule has 1 saturated heterocycles. The predicted octanol–water partition coefficient (Wildman–Crippen LogP) is 3.57. The van der Waals surface area contributed by atoms with E-state index in [1.165, 1.54) is 0 Å². The number of para-hydroxylation sites is 2. The van der Waals surface area contributed by atoms with Gasteiger partial charge in [-0.1, -0.05) is 24.3 Å². The SMILES string of the molecule is Oc1ccc(Cn2c(NC3CCN(CCNc4ncccn4)CC3)nc3ccccc32)cc1. The smallest absolute Gasteiger partial charge is 0.222 e. The molecule has 8 nitrogen and oxygen atoms in total. The first-order chi connectivity index (χ1) is 16.2. The van der Waals surface area contributed by atoms with Crippen LogP contribution < -0.4 is 10.6 Å². The lowest BCUT2D eigenvalue weighted by molar-refractivity contribution is 0.226. The Kier molecular flexibility index (Phi) is 6.34. The molecule has 2 aromatic carbocycles. The van der Waals surface area contributed by atoms with Crippen LogP contribution in [-0.2, 0) is 6.54 Å². The third-order valence-corrected chi connectivity index (χ3v) is 6.13. The van der Waals surface area contributed by atoms with Gasteiger partial charge in [0, 0.05) is 44.6 Å². The molecule has 0 bridgehead atoms. The minimum Gasteiger partial charge on any atom is -0.508 e. The van der Waals surface area contributed by atoms with Crippen molar-refractivity contribution in [3.8, 4) is 5.75 Å². The van der Waals surface area contributed by atoms with Gasteiger partial charge in [-0.2, -0.15) is 0 Å². The Bertz CT molecular complexity index is 1170. The summed E-state index contributed by atoms with van der Waals surface area (Å²) in [5.74, 6) is 1.87. The predicted molar refractivity (Wildman–Crippen MR) is 131 cm³/mol. The molecule has 1 aliphatic rings. The lowest BCUT2D eigenvalue weighted by atomic mass is 10.1. The average molecular weight is 444 g/mol. The highest BCUT2D eigenvalue weighted by Gasteiger charge is 2.21. The van der Waals surface area contributed by atoms with E-state index in [1.807, 2.05) is 30.3 Å². The maximum absolute atomic E-state index is 9.61. The van der Waals surface area contributed by atoms with Crippen LogP contribution in [0.3, 0.4) is 0 Å². The molecule has 2 aromatic heterocycles. The fourth-order valence-electron chi connectivity index (χ4n) is 4.33. The molecular formula is C25H29N7O. The van der Waals surface area contributed by atoms with Crippen LogP contribution in [0.5, 0.6) is 5.75 Å². The molecule has 3 heterocycles. The third-order valence-electron chi connectivity index (χ3n) is 6.13. The molecule has 4 aromatic rings. The van der Waals surface area contributed by atoms with Crippen molar-refractivity contribution < 1.29 is 5.11 Å². The molecule has 33 heavy (non-hydrogen) atoms. The summed E-state index contributed by atoms with van der Waals surface area (Å²) in [7, 11) is 0. The first-order valence-electron chi connectivity index (χ1n) is 11.5. The van der Waals surface area contributed by atoms with E-state index in [4.69, 9.17) is 4.98 Å². The number of hydrogen-bond donors (Lipinski definition) is 3. The third kappa shape index (κ3) is 5.23. The van der Waals surface area contributed by atoms with Crippen molar-refractivity contribution in [1.82, 2.24) is 24.4 Å². The number of aromatic hydroxyl groups is 1. The Hall–Kier alpha value is -3.65. The molecule has 170 valence electrons. The summed E-state index contributed by atoms with van der Waals surface area (Å²) in [6.07, 6.45) is 5.65. The molecule has 0 radical (unpaired) electrons. The van der Waals surface area contributed by atoms with Gasteiger partial charge in [-0.15, -0.1) is 0 Å². The maximum atomic E-state index is 9.61. The first-order valence-corrected chi connectivity index (χ1v) is 11.5. The van der Waals surface area contributed by atoms with Crippen LogP contribution in [-0.4, -0.2) is 61.7 Å². The fraction of sp³-hybridized carbons (Fsp3) is 0.320. The zero-order valence-corrected chi connectivity index (χ0v) is 18.6. The van der Waals surface area contributed by atoms with Crippen LogP contribution >= 0.6 is 0 Å².